The van der Waals surface area contributed by atoms with E-state index in [9.17, 15) is 14.4 Å². The number of carbonyl (C=O) groups excluding carboxylic acids is 3. The summed E-state index contributed by atoms with van der Waals surface area (Å²) >= 11 is 0. The summed E-state index contributed by atoms with van der Waals surface area (Å²) in [4.78, 5) is 37.3. The van der Waals surface area contributed by atoms with E-state index in [1.165, 1.54) is 0 Å². The second kappa shape index (κ2) is 7.33. The van der Waals surface area contributed by atoms with Crippen LogP contribution in [0.1, 0.15) is 23.2 Å². The van der Waals surface area contributed by atoms with E-state index in [0.717, 1.165) is 6.42 Å². The minimum atomic E-state index is -0.492. The van der Waals surface area contributed by atoms with Crippen molar-refractivity contribution in [3.63, 3.8) is 0 Å². The molecule has 7 nitrogen and oxygen atoms in total. The summed E-state index contributed by atoms with van der Waals surface area (Å²) in [6.07, 6.45) is 0.527. The van der Waals surface area contributed by atoms with Gasteiger partial charge in [0.2, 0.25) is 0 Å². The minimum Gasteiger partial charge on any atom is -0.461 e. The fourth-order valence-electron chi connectivity index (χ4n) is 2.94. The van der Waals surface area contributed by atoms with Gasteiger partial charge in [0.15, 0.2) is 6.10 Å². The predicted molar refractivity (Wildman–Crippen MR) is 84.3 cm³/mol. The number of ether oxygens (including phenoxy) is 2. The SMILES string of the molecule is O=C1NC[C@H](COC(=O)[C@@H]2CCCN(C(=O)c3ccccc3)C2)O1. The number of amides is 2. The molecule has 2 amide bonds. The van der Waals surface area contributed by atoms with E-state index in [1.807, 2.05) is 18.2 Å². The smallest absolute Gasteiger partial charge is 0.407 e. The molecule has 0 radical (unpaired) electrons. The van der Waals surface area contributed by atoms with Crippen molar-refractivity contribution >= 4 is 18.0 Å². The molecule has 0 aromatic heterocycles. The lowest BCUT2D eigenvalue weighted by molar-refractivity contribution is -0.152. The van der Waals surface area contributed by atoms with Crippen molar-refractivity contribution in [2.24, 2.45) is 5.92 Å². The van der Waals surface area contributed by atoms with Crippen LogP contribution in [-0.2, 0) is 14.3 Å². The normalized spacial score (nSPS) is 23.3. The molecule has 2 aliphatic heterocycles. The number of alkyl carbamates (subject to hydrolysis) is 1. The van der Waals surface area contributed by atoms with Gasteiger partial charge in [0.25, 0.3) is 5.91 Å². The van der Waals surface area contributed by atoms with E-state index < -0.39 is 12.2 Å². The summed E-state index contributed by atoms with van der Waals surface area (Å²) < 4.78 is 10.2. The first-order valence-electron chi connectivity index (χ1n) is 8.09. The van der Waals surface area contributed by atoms with Gasteiger partial charge in [-0.15, -0.1) is 0 Å². The number of hydrogen-bond donors (Lipinski definition) is 1. The highest BCUT2D eigenvalue weighted by Gasteiger charge is 2.31. The molecule has 1 N–H and O–H groups in total. The quantitative estimate of drug-likeness (QED) is 0.837. The van der Waals surface area contributed by atoms with E-state index in [0.29, 0.717) is 31.6 Å². The number of carbonyl (C=O) groups is 3. The van der Waals surface area contributed by atoms with E-state index in [-0.39, 0.29) is 24.4 Å². The highest BCUT2D eigenvalue weighted by molar-refractivity contribution is 5.94. The number of rotatable bonds is 4. The summed E-state index contributed by atoms with van der Waals surface area (Å²) in [5.74, 6) is -0.748. The van der Waals surface area contributed by atoms with Crippen molar-refractivity contribution in [1.29, 1.82) is 0 Å². The van der Waals surface area contributed by atoms with Crippen LogP contribution < -0.4 is 5.32 Å². The van der Waals surface area contributed by atoms with Crippen LogP contribution in [0.15, 0.2) is 30.3 Å². The summed E-state index contributed by atoms with van der Waals surface area (Å²) in [5, 5.41) is 2.51. The maximum absolute atomic E-state index is 12.5. The molecule has 0 bridgehead atoms. The third-order valence-electron chi connectivity index (χ3n) is 4.22. The van der Waals surface area contributed by atoms with Gasteiger partial charge in [0.05, 0.1) is 12.5 Å². The highest BCUT2D eigenvalue weighted by atomic mass is 16.6. The van der Waals surface area contributed by atoms with E-state index in [1.54, 1.807) is 17.0 Å². The Balaban J connectivity index is 1.52. The number of cyclic esters (lactones) is 1. The van der Waals surface area contributed by atoms with Crippen LogP contribution in [0.2, 0.25) is 0 Å². The van der Waals surface area contributed by atoms with Crippen LogP contribution in [-0.4, -0.2) is 55.2 Å². The molecule has 128 valence electrons. The standard InChI is InChI=1S/C17H20N2O5/c20-15(12-5-2-1-3-6-12)19-8-4-7-13(10-19)16(21)23-11-14-9-18-17(22)24-14/h1-3,5-6,13-14H,4,7-11H2,(H,18,22)/t13-,14-/m1/s1. The summed E-state index contributed by atoms with van der Waals surface area (Å²) in [5.41, 5.74) is 0.621. The number of nitrogens with one attached hydrogen (secondary N) is 1. The third kappa shape index (κ3) is 3.84. The van der Waals surface area contributed by atoms with Crippen molar-refractivity contribution in [3.05, 3.63) is 35.9 Å². The van der Waals surface area contributed by atoms with E-state index >= 15 is 0 Å². The molecule has 7 heteroatoms. The molecule has 0 unspecified atom stereocenters. The first-order valence-corrected chi connectivity index (χ1v) is 8.09. The van der Waals surface area contributed by atoms with Crippen LogP contribution in [0.4, 0.5) is 4.79 Å². The molecule has 2 aliphatic rings. The Hall–Kier alpha value is -2.57. The van der Waals surface area contributed by atoms with Crippen LogP contribution in [0.25, 0.3) is 0 Å². The number of esters is 1. The molecule has 1 aromatic rings. The van der Waals surface area contributed by atoms with Crippen LogP contribution >= 0.6 is 0 Å². The van der Waals surface area contributed by atoms with Crippen molar-refractivity contribution < 1.29 is 23.9 Å². The van der Waals surface area contributed by atoms with Gasteiger partial charge in [-0.25, -0.2) is 4.79 Å². The molecule has 1 aromatic carbocycles. The van der Waals surface area contributed by atoms with E-state index in [2.05, 4.69) is 5.32 Å². The van der Waals surface area contributed by atoms with E-state index in [4.69, 9.17) is 9.47 Å². The Labute approximate surface area is 139 Å². The summed E-state index contributed by atoms with van der Waals surface area (Å²) in [6.45, 7) is 1.38. The fourth-order valence-corrected chi connectivity index (χ4v) is 2.94. The molecule has 0 aliphatic carbocycles. The minimum absolute atomic E-state index is 0.0424. The fraction of sp³-hybridized carbons (Fsp3) is 0.471. The number of likely N-dealkylation sites (tertiary alicyclic amines) is 1. The van der Waals surface area contributed by atoms with Crippen molar-refractivity contribution in [2.45, 2.75) is 18.9 Å². The predicted octanol–water partition coefficient (Wildman–Crippen LogP) is 1.19. The molecule has 2 atom stereocenters. The number of piperidine rings is 1. The molecule has 24 heavy (non-hydrogen) atoms. The Morgan fingerprint density at radius 1 is 1.29 bits per heavy atom. The molecule has 0 spiro atoms. The summed E-state index contributed by atoms with van der Waals surface area (Å²) in [6, 6.07) is 9.04. The van der Waals surface area contributed by atoms with Gasteiger partial charge in [0.1, 0.15) is 6.61 Å². The topological polar surface area (TPSA) is 84.9 Å². The third-order valence-corrected chi connectivity index (χ3v) is 4.22. The average Bonchev–Trinajstić information content (AvgIpc) is 3.05. The summed E-state index contributed by atoms with van der Waals surface area (Å²) in [7, 11) is 0. The highest BCUT2D eigenvalue weighted by Crippen LogP contribution is 2.20. The number of benzene rings is 1. The second-order valence-corrected chi connectivity index (χ2v) is 5.99. The molecule has 0 saturated carbocycles. The van der Waals surface area contributed by atoms with Crippen LogP contribution in [0.3, 0.4) is 0 Å². The number of hydrogen-bond acceptors (Lipinski definition) is 5. The average molecular weight is 332 g/mol. The molecular formula is C17H20N2O5. The van der Waals surface area contributed by atoms with Gasteiger partial charge in [-0.3, -0.25) is 9.59 Å². The van der Waals surface area contributed by atoms with Crippen molar-refractivity contribution in [1.82, 2.24) is 10.2 Å². The zero-order valence-electron chi connectivity index (χ0n) is 13.3. The zero-order chi connectivity index (χ0) is 16.9. The monoisotopic (exact) mass is 332 g/mol. The van der Waals surface area contributed by atoms with Gasteiger partial charge in [-0.1, -0.05) is 18.2 Å². The largest absolute Gasteiger partial charge is 0.461 e. The Kier molecular flexibility index (Phi) is 4.98. The maximum Gasteiger partial charge on any atom is 0.407 e. The van der Waals surface area contributed by atoms with Gasteiger partial charge in [-0.2, -0.15) is 0 Å². The van der Waals surface area contributed by atoms with Gasteiger partial charge in [-0.05, 0) is 25.0 Å². The first kappa shape index (κ1) is 16.3. The molecule has 2 heterocycles. The molecular weight excluding hydrogens is 312 g/mol. The van der Waals surface area contributed by atoms with Crippen molar-refractivity contribution in [3.8, 4) is 0 Å². The van der Waals surface area contributed by atoms with Crippen LogP contribution in [0.5, 0.6) is 0 Å². The zero-order valence-corrected chi connectivity index (χ0v) is 13.3. The van der Waals surface area contributed by atoms with Gasteiger partial charge >= 0.3 is 12.1 Å². The van der Waals surface area contributed by atoms with Crippen LogP contribution in [0, 0.1) is 5.92 Å². The second-order valence-electron chi connectivity index (χ2n) is 5.99. The maximum atomic E-state index is 12.5. The molecule has 2 fully saturated rings. The molecule has 3 rings (SSSR count). The Morgan fingerprint density at radius 2 is 2.08 bits per heavy atom. The number of nitrogens with zero attached hydrogens (tertiary/aromatic N) is 1. The molecule has 2 saturated heterocycles. The lowest BCUT2D eigenvalue weighted by Gasteiger charge is -2.31. The Bertz CT molecular complexity index is 619. The van der Waals surface area contributed by atoms with Gasteiger partial charge in [0, 0.05) is 18.7 Å². The lowest BCUT2D eigenvalue weighted by atomic mass is 9.97. The lowest BCUT2D eigenvalue weighted by Crippen LogP contribution is -2.43. The Morgan fingerprint density at radius 3 is 2.79 bits per heavy atom. The first-order chi connectivity index (χ1) is 11.6. The van der Waals surface area contributed by atoms with Gasteiger partial charge < -0.3 is 19.7 Å². The van der Waals surface area contributed by atoms with Crippen molar-refractivity contribution in [2.75, 3.05) is 26.2 Å².